The smallest absolute Gasteiger partial charge is 0.309 e. The van der Waals surface area contributed by atoms with Gasteiger partial charge in [0, 0.05) is 11.8 Å². The Bertz CT molecular complexity index is 936. The predicted molar refractivity (Wildman–Crippen MR) is 104 cm³/mol. The standard InChI is InChI=1S/C22H22O8/c1-11-14(8-26-22(11)23)19(12-4-15(24-2)20-17(6-12)27-9-29-20)13-5-16(25-3)21-18(7-13)28-10-30-21/h4-7,11,14,19H,8-10H2,1-3H3/t11-,14-/m1/s1. The fourth-order valence-electron chi connectivity index (χ4n) is 4.36. The second-order valence-electron chi connectivity index (χ2n) is 7.47. The Morgan fingerprint density at radius 3 is 1.80 bits per heavy atom. The second kappa shape index (κ2) is 7.19. The predicted octanol–water partition coefficient (Wildman–Crippen LogP) is 3.10. The number of rotatable bonds is 5. The van der Waals surface area contributed by atoms with Crippen molar-refractivity contribution in [1.82, 2.24) is 0 Å². The van der Waals surface area contributed by atoms with Gasteiger partial charge >= 0.3 is 5.97 Å². The zero-order valence-corrected chi connectivity index (χ0v) is 16.9. The van der Waals surface area contributed by atoms with Gasteiger partial charge in [0.15, 0.2) is 23.0 Å². The molecule has 0 radical (unpaired) electrons. The molecule has 3 heterocycles. The van der Waals surface area contributed by atoms with E-state index in [2.05, 4.69) is 0 Å². The number of hydrogen-bond acceptors (Lipinski definition) is 8. The summed E-state index contributed by atoms with van der Waals surface area (Å²) in [6.07, 6.45) is 0. The third kappa shape index (κ3) is 2.86. The summed E-state index contributed by atoms with van der Waals surface area (Å²) in [5, 5.41) is 0. The van der Waals surface area contributed by atoms with E-state index in [1.807, 2.05) is 31.2 Å². The maximum Gasteiger partial charge on any atom is 0.309 e. The van der Waals surface area contributed by atoms with Crippen molar-refractivity contribution >= 4 is 5.97 Å². The summed E-state index contributed by atoms with van der Waals surface area (Å²) >= 11 is 0. The first-order valence-electron chi connectivity index (χ1n) is 9.72. The number of methoxy groups -OCH3 is 2. The van der Waals surface area contributed by atoms with E-state index < -0.39 is 0 Å². The van der Waals surface area contributed by atoms with Gasteiger partial charge in [-0.15, -0.1) is 0 Å². The van der Waals surface area contributed by atoms with Crippen molar-refractivity contribution in [3.8, 4) is 34.5 Å². The number of carbonyl (C=O) groups is 1. The summed E-state index contributed by atoms with van der Waals surface area (Å²) < 4.78 is 38.8. The lowest BCUT2D eigenvalue weighted by Crippen LogP contribution is -2.21. The zero-order chi connectivity index (χ0) is 20.8. The number of hydrogen-bond donors (Lipinski definition) is 0. The molecule has 30 heavy (non-hydrogen) atoms. The number of esters is 1. The average Bonchev–Trinajstić information content (AvgIpc) is 3.49. The lowest BCUT2D eigenvalue weighted by molar-refractivity contribution is -0.140. The van der Waals surface area contributed by atoms with Gasteiger partial charge in [-0.05, 0) is 35.4 Å². The van der Waals surface area contributed by atoms with Gasteiger partial charge in [-0.3, -0.25) is 4.79 Å². The van der Waals surface area contributed by atoms with Crippen molar-refractivity contribution in [3.63, 3.8) is 0 Å². The molecule has 2 atom stereocenters. The second-order valence-corrected chi connectivity index (χ2v) is 7.47. The van der Waals surface area contributed by atoms with Gasteiger partial charge < -0.3 is 33.2 Å². The van der Waals surface area contributed by atoms with Gasteiger partial charge in [0.05, 0.1) is 26.7 Å². The molecule has 0 unspecified atom stereocenters. The highest BCUT2D eigenvalue weighted by Gasteiger charge is 2.41. The number of benzene rings is 2. The minimum absolute atomic E-state index is 0.0901. The van der Waals surface area contributed by atoms with Crippen LogP contribution in [0.2, 0.25) is 0 Å². The van der Waals surface area contributed by atoms with Crippen LogP contribution in [0, 0.1) is 11.8 Å². The average molecular weight is 414 g/mol. The lowest BCUT2D eigenvalue weighted by Gasteiger charge is -2.26. The fraction of sp³-hybridized carbons (Fsp3) is 0.409. The largest absolute Gasteiger partial charge is 0.493 e. The van der Waals surface area contributed by atoms with Crippen LogP contribution < -0.4 is 28.4 Å². The third-order valence-corrected chi connectivity index (χ3v) is 5.94. The van der Waals surface area contributed by atoms with E-state index in [4.69, 9.17) is 33.2 Å². The number of fused-ring (bicyclic) bond motifs is 2. The summed E-state index contributed by atoms with van der Waals surface area (Å²) in [6.45, 7) is 2.48. The van der Waals surface area contributed by atoms with Crippen LogP contribution in [0.1, 0.15) is 24.0 Å². The van der Waals surface area contributed by atoms with E-state index in [1.54, 1.807) is 14.2 Å². The number of carbonyl (C=O) groups excluding carboxylic acids is 1. The van der Waals surface area contributed by atoms with Crippen molar-refractivity contribution in [2.75, 3.05) is 34.4 Å². The van der Waals surface area contributed by atoms with Gasteiger partial charge in [0.25, 0.3) is 0 Å². The molecule has 0 saturated carbocycles. The Balaban J connectivity index is 1.67. The maximum absolute atomic E-state index is 12.2. The molecule has 8 nitrogen and oxygen atoms in total. The molecule has 5 rings (SSSR count). The molecule has 0 aliphatic carbocycles. The maximum atomic E-state index is 12.2. The van der Waals surface area contributed by atoms with E-state index in [0.717, 1.165) is 11.1 Å². The van der Waals surface area contributed by atoms with Crippen LogP contribution in [0.4, 0.5) is 0 Å². The van der Waals surface area contributed by atoms with Gasteiger partial charge in [0.1, 0.15) is 0 Å². The quantitative estimate of drug-likeness (QED) is 0.691. The van der Waals surface area contributed by atoms with E-state index in [-0.39, 0.29) is 37.3 Å². The molecule has 2 aromatic rings. The Hall–Kier alpha value is -3.29. The first-order chi connectivity index (χ1) is 14.6. The van der Waals surface area contributed by atoms with Crippen LogP contribution in [-0.4, -0.2) is 40.4 Å². The normalized spacial score (nSPS) is 21.1. The van der Waals surface area contributed by atoms with E-state index in [0.29, 0.717) is 41.1 Å². The number of ether oxygens (including phenoxy) is 7. The summed E-state index contributed by atoms with van der Waals surface area (Å²) in [5.74, 6) is 2.77. The summed E-state index contributed by atoms with van der Waals surface area (Å²) in [5.41, 5.74) is 1.85. The van der Waals surface area contributed by atoms with Crippen molar-refractivity contribution in [2.24, 2.45) is 11.8 Å². The fourth-order valence-corrected chi connectivity index (χ4v) is 4.36. The zero-order valence-electron chi connectivity index (χ0n) is 16.9. The third-order valence-electron chi connectivity index (χ3n) is 5.94. The van der Waals surface area contributed by atoms with Crippen LogP contribution in [-0.2, 0) is 9.53 Å². The minimum Gasteiger partial charge on any atom is -0.493 e. The molecule has 158 valence electrons. The molecule has 1 saturated heterocycles. The Morgan fingerprint density at radius 2 is 1.37 bits per heavy atom. The molecule has 0 N–H and O–H groups in total. The molecule has 8 heteroatoms. The topological polar surface area (TPSA) is 81.7 Å². The lowest BCUT2D eigenvalue weighted by atomic mass is 9.76. The Labute approximate surface area is 173 Å². The monoisotopic (exact) mass is 414 g/mol. The first-order valence-corrected chi connectivity index (χ1v) is 9.72. The molecule has 0 aromatic heterocycles. The van der Waals surface area contributed by atoms with Crippen LogP contribution in [0.3, 0.4) is 0 Å². The molecule has 0 amide bonds. The SMILES string of the molecule is COc1cc(C(c2cc(OC)c3c(c2)OCO3)[C@@H]2COC(=O)[C@@H]2C)cc2c1OCO2. The minimum atomic E-state index is -0.275. The van der Waals surface area contributed by atoms with E-state index in [9.17, 15) is 4.79 Å². The van der Waals surface area contributed by atoms with E-state index in [1.165, 1.54) is 0 Å². The molecule has 3 aliphatic rings. The summed E-state index contributed by atoms with van der Waals surface area (Å²) in [6, 6.07) is 7.71. The van der Waals surface area contributed by atoms with Crippen LogP contribution >= 0.6 is 0 Å². The van der Waals surface area contributed by atoms with Gasteiger partial charge in [-0.25, -0.2) is 0 Å². The molecule has 2 aromatic carbocycles. The molecular formula is C22H22O8. The Kier molecular flexibility index (Phi) is 4.49. The van der Waals surface area contributed by atoms with Gasteiger partial charge in [-0.2, -0.15) is 0 Å². The summed E-state index contributed by atoms with van der Waals surface area (Å²) in [7, 11) is 3.18. The van der Waals surface area contributed by atoms with E-state index >= 15 is 0 Å². The molecule has 1 fully saturated rings. The van der Waals surface area contributed by atoms with Crippen LogP contribution in [0.25, 0.3) is 0 Å². The van der Waals surface area contributed by atoms with Crippen LogP contribution in [0.15, 0.2) is 24.3 Å². The highest BCUT2D eigenvalue weighted by atomic mass is 16.7. The van der Waals surface area contributed by atoms with Crippen molar-refractivity contribution in [3.05, 3.63) is 35.4 Å². The molecule has 0 spiro atoms. The first kappa shape index (κ1) is 18.7. The molecular weight excluding hydrogens is 392 g/mol. The van der Waals surface area contributed by atoms with Crippen molar-refractivity contribution < 1.29 is 38.0 Å². The van der Waals surface area contributed by atoms with Crippen molar-refractivity contribution in [1.29, 1.82) is 0 Å². The summed E-state index contributed by atoms with van der Waals surface area (Å²) in [4.78, 5) is 12.2. The Morgan fingerprint density at radius 1 is 0.833 bits per heavy atom. The molecule has 0 bridgehead atoms. The van der Waals surface area contributed by atoms with Gasteiger partial charge in [0.2, 0.25) is 25.1 Å². The highest BCUT2D eigenvalue weighted by molar-refractivity contribution is 5.75. The van der Waals surface area contributed by atoms with Crippen LogP contribution in [0.5, 0.6) is 34.5 Å². The highest BCUT2D eigenvalue weighted by Crippen LogP contribution is 2.50. The van der Waals surface area contributed by atoms with Crippen molar-refractivity contribution in [2.45, 2.75) is 12.8 Å². The van der Waals surface area contributed by atoms with Gasteiger partial charge in [-0.1, -0.05) is 6.92 Å². The molecule has 3 aliphatic heterocycles. The number of cyclic esters (lactones) is 1.